The summed E-state index contributed by atoms with van der Waals surface area (Å²) in [5, 5.41) is 0. The molecule has 2 aliphatic rings. The lowest BCUT2D eigenvalue weighted by Crippen LogP contribution is -2.51. The molecule has 0 aromatic heterocycles. The molecule has 6 heteroatoms. The summed E-state index contributed by atoms with van der Waals surface area (Å²) < 4.78 is 38.2. The monoisotopic (exact) mass is 339 g/mol. The van der Waals surface area contributed by atoms with Crippen LogP contribution < -0.4 is 0 Å². The first-order valence-corrected chi connectivity index (χ1v) is 8.13. The van der Waals surface area contributed by atoms with Crippen LogP contribution in [0.3, 0.4) is 0 Å². The number of rotatable bonds is 2. The Balaban J connectivity index is 1.87. The van der Waals surface area contributed by atoms with Crippen LogP contribution in [0.15, 0.2) is 18.2 Å². The molecule has 132 valence electrons. The first kappa shape index (κ1) is 17.1. The molecule has 1 heterocycles. The molecule has 2 fully saturated rings. The van der Waals surface area contributed by atoms with Gasteiger partial charge in [0, 0.05) is 25.1 Å². The summed E-state index contributed by atoms with van der Waals surface area (Å²) in [5.74, 6) is -0.937. The number of hydrogen-bond acceptors (Lipinski definition) is 3. The maximum atomic E-state index is 13.6. The highest BCUT2D eigenvalue weighted by Crippen LogP contribution is 2.60. The van der Waals surface area contributed by atoms with Crippen molar-refractivity contribution in [3.63, 3.8) is 0 Å². The minimum absolute atomic E-state index is 0.252. The van der Waals surface area contributed by atoms with E-state index in [-0.39, 0.29) is 12.1 Å². The highest BCUT2D eigenvalue weighted by molar-refractivity contribution is 5.69. The normalized spacial score (nSPS) is 29.2. The van der Waals surface area contributed by atoms with Crippen molar-refractivity contribution in [3.05, 3.63) is 35.4 Å². The fraction of sp³-hybridized carbons (Fsp3) is 0.611. The third-order valence-corrected chi connectivity index (χ3v) is 4.86. The van der Waals surface area contributed by atoms with Crippen LogP contribution in [0.25, 0.3) is 0 Å². The zero-order valence-corrected chi connectivity index (χ0v) is 14.4. The highest BCUT2D eigenvalue weighted by atomic mass is 19.1. The predicted octanol–water partition coefficient (Wildman–Crippen LogP) is 3.84. The molecule has 1 aliphatic carbocycles. The van der Waals surface area contributed by atoms with E-state index in [2.05, 4.69) is 0 Å². The van der Waals surface area contributed by atoms with E-state index in [4.69, 9.17) is 9.47 Å². The van der Waals surface area contributed by atoms with Crippen LogP contribution in [0.4, 0.5) is 13.6 Å². The molecule has 3 atom stereocenters. The number of hydrogen-bond donors (Lipinski definition) is 0. The van der Waals surface area contributed by atoms with Gasteiger partial charge in [-0.1, -0.05) is 0 Å². The average Bonchev–Trinajstić information content (AvgIpc) is 3.17. The number of piperidine rings is 1. The summed E-state index contributed by atoms with van der Waals surface area (Å²) in [7, 11) is 1.55. The van der Waals surface area contributed by atoms with Crippen LogP contribution >= 0.6 is 0 Å². The largest absolute Gasteiger partial charge is 0.444 e. The van der Waals surface area contributed by atoms with E-state index in [1.165, 1.54) is 17.0 Å². The number of carbonyl (C=O) groups is 1. The van der Waals surface area contributed by atoms with Gasteiger partial charge in [0.05, 0.1) is 0 Å². The summed E-state index contributed by atoms with van der Waals surface area (Å²) in [5.41, 5.74) is -0.420. The van der Waals surface area contributed by atoms with E-state index < -0.39 is 28.7 Å². The third-order valence-electron chi connectivity index (χ3n) is 4.86. The maximum absolute atomic E-state index is 13.6. The van der Waals surface area contributed by atoms with Crippen molar-refractivity contribution in [2.75, 3.05) is 13.7 Å². The Morgan fingerprint density at radius 3 is 2.42 bits per heavy atom. The van der Waals surface area contributed by atoms with E-state index in [0.717, 1.165) is 12.5 Å². The summed E-state index contributed by atoms with van der Waals surface area (Å²) in [6.07, 6.45) is 0.581. The standard InChI is InChI=1S/C18H23F2NO3/c1-17(2,3)24-16(22)21-10-18(9-12(18)7-15(21)23-4)11-5-13(19)8-14(20)6-11/h5-6,8,12,15H,7,9-10H2,1-4H3/t12-,15?,18-/m1/s1. The molecule has 0 radical (unpaired) electrons. The molecule has 0 N–H and O–H groups in total. The maximum Gasteiger partial charge on any atom is 0.412 e. The molecule has 24 heavy (non-hydrogen) atoms. The number of benzene rings is 1. The third kappa shape index (κ3) is 3.11. The molecule has 0 spiro atoms. The number of methoxy groups -OCH3 is 1. The summed E-state index contributed by atoms with van der Waals surface area (Å²) in [6.45, 7) is 5.74. The van der Waals surface area contributed by atoms with Crippen molar-refractivity contribution >= 4 is 6.09 Å². The number of carbonyl (C=O) groups excluding carboxylic acids is 1. The van der Waals surface area contributed by atoms with Gasteiger partial charge in [-0.2, -0.15) is 0 Å². The second-order valence-electron chi connectivity index (χ2n) is 7.75. The Morgan fingerprint density at radius 2 is 1.88 bits per heavy atom. The molecule has 1 aliphatic heterocycles. The Labute approximate surface area is 140 Å². The molecule has 3 rings (SSSR count). The van der Waals surface area contributed by atoms with Crippen molar-refractivity contribution in [2.24, 2.45) is 5.92 Å². The zero-order chi connectivity index (χ0) is 17.7. The van der Waals surface area contributed by atoms with Gasteiger partial charge in [-0.15, -0.1) is 0 Å². The van der Waals surface area contributed by atoms with Gasteiger partial charge < -0.3 is 9.47 Å². The van der Waals surface area contributed by atoms with Crippen LogP contribution in [-0.2, 0) is 14.9 Å². The van der Waals surface area contributed by atoms with Gasteiger partial charge in [-0.05, 0) is 57.2 Å². The summed E-state index contributed by atoms with van der Waals surface area (Å²) in [4.78, 5) is 14.1. The minimum Gasteiger partial charge on any atom is -0.444 e. The van der Waals surface area contributed by atoms with Crippen molar-refractivity contribution < 1.29 is 23.0 Å². The lowest BCUT2D eigenvalue weighted by molar-refractivity contribution is -0.0704. The summed E-state index contributed by atoms with van der Waals surface area (Å²) >= 11 is 0. The van der Waals surface area contributed by atoms with Gasteiger partial charge in [-0.3, -0.25) is 4.90 Å². The minimum atomic E-state index is -0.617. The molecule has 1 unspecified atom stereocenters. The fourth-order valence-electron chi connectivity index (χ4n) is 3.67. The first-order valence-electron chi connectivity index (χ1n) is 8.13. The average molecular weight is 339 g/mol. The molecule has 1 saturated heterocycles. The predicted molar refractivity (Wildman–Crippen MR) is 84.5 cm³/mol. The number of amides is 1. The van der Waals surface area contributed by atoms with Crippen LogP contribution in [0, 0.1) is 17.6 Å². The quantitative estimate of drug-likeness (QED) is 0.822. The lowest BCUT2D eigenvalue weighted by Gasteiger charge is -2.39. The van der Waals surface area contributed by atoms with E-state index in [0.29, 0.717) is 18.5 Å². The Hall–Kier alpha value is -1.69. The number of halogens is 2. The zero-order valence-electron chi connectivity index (χ0n) is 14.4. The van der Waals surface area contributed by atoms with Gasteiger partial charge in [0.25, 0.3) is 0 Å². The van der Waals surface area contributed by atoms with Gasteiger partial charge >= 0.3 is 6.09 Å². The smallest absolute Gasteiger partial charge is 0.412 e. The second-order valence-corrected chi connectivity index (χ2v) is 7.75. The van der Waals surface area contributed by atoms with Crippen molar-refractivity contribution in [1.82, 2.24) is 4.90 Å². The van der Waals surface area contributed by atoms with E-state index in [1.54, 1.807) is 27.9 Å². The Kier molecular flexibility index (Phi) is 4.06. The number of ether oxygens (including phenoxy) is 2. The molecule has 1 aromatic carbocycles. The molecular formula is C18H23F2NO3. The first-order chi connectivity index (χ1) is 11.1. The highest BCUT2D eigenvalue weighted by Gasteiger charge is 2.61. The van der Waals surface area contributed by atoms with E-state index in [9.17, 15) is 13.6 Å². The Bertz CT molecular complexity index is 638. The number of fused-ring (bicyclic) bond motifs is 1. The molecular weight excluding hydrogens is 316 g/mol. The van der Waals surface area contributed by atoms with Crippen LogP contribution in [0.2, 0.25) is 0 Å². The molecule has 4 nitrogen and oxygen atoms in total. The van der Waals surface area contributed by atoms with Crippen LogP contribution in [0.5, 0.6) is 0 Å². The van der Waals surface area contributed by atoms with Crippen molar-refractivity contribution in [2.45, 2.75) is 50.9 Å². The summed E-state index contributed by atoms with van der Waals surface area (Å²) in [6, 6.07) is 3.59. The number of likely N-dealkylation sites (tertiary alicyclic amines) is 1. The van der Waals surface area contributed by atoms with Gasteiger partial charge in [0.15, 0.2) is 0 Å². The number of nitrogens with zero attached hydrogens (tertiary/aromatic N) is 1. The second kappa shape index (κ2) is 5.69. The molecule has 1 amide bonds. The molecule has 1 aromatic rings. The molecule has 1 saturated carbocycles. The molecule has 0 bridgehead atoms. The lowest BCUT2D eigenvalue weighted by atomic mass is 9.88. The van der Waals surface area contributed by atoms with Gasteiger partial charge in [-0.25, -0.2) is 13.6 Å². The topological polar surface area (TPSA) is 38.8 Å². The Morgan fingerprint density at radius 1 is 1.25 bits per heavy atom. The van der Waals surface area contributed by atoms with Crippen LogP contribution in [0.1, 0.15) is 39.2 Å². The van der Waals surface area contributed by atoms with Crippen molar-refractivity contribution in [3.8, 4) is 0 Å². The van der Waals surface area contributed by atoms with E-state index >= 15 is 0 Å². The van der Waals surface area contributed by atoms with Gasteiger partial charge in [0.2, 0.25) is 0 Å². The van der Waals surface area contributed by atoms with Crippen LogP contribution in [-0.4, -0.2) is 36.5 Å². The fourth-order valence-corrected chi connectivity index (χ4v) is 3.67. The SMILES string of the molecule is COC1C[C@@H]2C[C@]2(c2cc(F)cc(F)c2)CN1C(=O)OC(C)(C)C. The van der Waals surface area contributed by atoms with Crippen molar-refractivity contribution in [1.29, 1.82) is 0 Å². The van der Waals surface area contributed by atoms with E-state index in [1.807, 2.05) is 0 Å². The van der Waals surface area contributed by atoms with Gasteiger partial charge in [0.1, 0.15) is 23.5 Å².